The maximum absolute atomic E-state index is 6.06. The summed E-state index contributed by atoms with van der Waals surface area (Å²) in [6.45, 7) is 10.2. The molecule has 0 heterocycles. The van der Waals surface area contributed by atoms with E-state index in [0.29, 0.717) is 0 Å². The predicted octanol–water partition coefficient (Wildman–Crippen LogP) is 4.68. The molecule has 1 aromatic carbocycles. The molecule has 0 bridgehead atoms. The Kier molecular flexibility index (Phi) is 6.06. The molecule has 0 amide bonds. The number of aryl methyl sites for hydroxylation is 2. The van der Waals surface area contributed by atoms with E-state index in [2.05, 4.69) is 39.5 Å². The van der Waals surface area contributed by atoms with Gasteiger partial charge in [0.1, 0.15) is 0 Å². The van der Waals surface area contributed by atoms with Crippen molar-refractivity contribution in [2.24, 2.45) is 5.73 Å². The molecule has 98 valence electrons. The molecule has 2 N–H and O–H groups in total. The van der Waals surface area contributed by atoms with Gasteiger partial charge in [-0.15, -0.1) is 11.8 Å². The van der Waals surface area contributed by atoms with E-state index in [1.807, 2.05) is 17.8 Å². The van der Waals surface area contributed by atoms with Gasteiger partial charge in [0.05, 0.1) is 0 Å². The highest BCUT2D eigenvalue weighted by atomic mass is 32.2. The second-order valence-electron chi connectivity index (χ2n) is 4.49. The van der Waals surface area contributed by atoms with E-state index in [1.165, 1.54) is 34.6 Å². The lowest BCUT2D eigenvalue weighted by atomic mass is 10.00. The Balaban J connectivity index is 2.97. The summed E-state index contributed by atoms with van der Waals surface area (Å²) in [7, 11) is 0. The zero-order chi connectivity index (χ0) is 13.5. The van der Waals surface area contributed by atoms with Crippen molar-refractivity contribution in [3.8, 4) is 0 Å². The minimum absolute atomic E-state index is 0.796. The molecule has 0 spiro atoms. The van der Waals surface area contributed by atoms with E-state index < -0.39 is 0 Å². The standard InChI is InChI=1S/C16H23NS/c1-5-7-9-18-14-10-12(3)16(13(4)11-14)15(17)8-6-2/h6,8,10-11H,2,5,7,9,17H2,1,3-4H3/b15-8+. The first kappa shape index (κ1) is 14.9. The van der Waals surface area contributed by atoms with Crippen LogP contribution in [-0.2, 0) is 0 Å². The molecule has 0 unspecified atom stereocenters. The number of hydrogen-bond donors (Lipinski definition) is 1. The highest BCUT2D eigenvalue weighted by Crippen LogP contribution is 2.27. The van der Waals surface area contributed by atoms with Gasteiger partial charge in [-0.2, -0.15) is 0 Å². The van der Waals surface area contributed by atoms with Crippen molar-refractivity contribution in [2.45, 2.75) is 38.5 Å². The van der Waals surface area contributed by atoms with Gasteiger partial charge in [-0.05, 0) is 55.4 Å². The molecule has 2 heteroatoms. The monoisotopic (exact) mass is 261 g/mol. The van der Waals surface area contributed by atoms with Crippen LogP contribution in [-0.4, -0.2) is 5.75 Å². The summed E-state index contributed by atoms with van der Waals surface area (Å²) in [5, 5.41) is 0. The molecule has 0 saturated heterocycles. The highest BCUT2D eigenvalue weighted by molar-refractivity contribution is 7.99. The fourth-order valence-electron chi connectivity index (χ4n) is 2.01. The minimum Gasteiger partial charge on any atom is -0.398 e. The van der Waals surface area contributed by atoms with E-state index >= 15 is 0 Å². The summed E-state index contributed by atoms with van der Waals surface area (Å²) in [6.07, 6.45) is 6.11. The number of nitrogens with two attached hydrogens (primary N) is 1. The Hall–Kier alpha value is -1.15. The third-order valence-electron chi connectivity index (χ3n) is 2.86. The van der Waals surface area contributed by atoms with E-state index in [0.717, 1.165) is 11.3 Å². The van der Waals surface area contributed by atoms with Gasteiger partial charge < -0.3 is 5.73 Å². The summed E-state index contributed by atoms with van der Waals surface area (Å²) in [5.41, 5.74) is 10.5. The van der Waals surface area contributed by atoms with Crippen LogP contribution in [0.3, 0.4) is 0 Å². The van der Waals surface area contributed by atoms with Crippen LogP contribution in [0.4, 0.5) is 0 Å². The average molecular weight is 261 g/mol. The van der Waals surface area contributed by atoms with Crippen molar-refractivity contribution in [1.29, 1.82) is 0 Å². The van der Waals surface area contributed by atoms with Crippen molar-refractivity contribution in [1.82, 2.24) is 0 Å². The molecule has 0 aliphatic rings. The van der Waals surface area contributed by atoms with Crippen LogP contribution in [0.1, 0.15) is 36.5 Å². The molecule has 0 saturated carbocycles. The van der Waals surface area contributed by atoms with Crippen LogP contribution < -0.4 is 5.73 Å². The molecule has 0 radical (unpaired) electrons. The minimum atomic E-state index is 0.796. The average Bonchev–Trinajstić information content (AvgIpc) is 2.28. The first-order valence-corrected chi connectivity index (χ1v) is 7.41. The zero-order valence-electron chi connectivity index (χ0n) is 11.6. The molecule has 0 atom stereocenters. The molecule has 0 aliphatic carbocycles. The summed E-state index contributed by atoms with van der Waals surface area (Å²) in [4.78, 5) is 1.34. The number of benzene rings is 1. The summed E-state index contributed by atoms with van der Waals surface area (Å²) in [5.74, 6) is 1.19. The lowest BCUT2D eigenvalue weighted by molar-refractivity contribution is 0.896. The topological polar surface area (TPSA) is 26.0 Å². The van der Waals surface area contributed by atoms with Gasteiger partial charge in [0, 0.05) is 16.2 Å². The van der Waals surface area contributed by atoms with Crippen molar-refractivity contribution < 1.29 is 0 Å². The Morgan fingerprint density at radius 3 is 2.44 bits per heavy atom. The Labute approximate surface area is 115 Å². The molecule has 1 rings (SSSR count). The normalized spacial score (nSPS) is 11.6. The van der Waals surface area contributed by atoms with Gasteiger partial charge in [0.2, 0.25) is 0 Å². The number of allylic oxidation sites excluding steroid dienone is 2. The second-order valence-corrected chi connectivity index (χ2v) is 5.66. The van der Waals surface area contributed by atoms with Gasteiger partial charge in [0.15, 0.2) is 0 Å². The quantitative estimate of drug-likeness (QED) is 0.457. The molecule has 0 aliphatic heterocycles. The summed E-state index contributed by atoms with van der Waals surface area (Å²) >= 11 is 1.93. The fourth-order valence-corrected chi connectivity index (χ4v) is 3.20. The van der Waals surface area contributed by atoms with E-state index in [4.69, 9.17) is 5.73 Å². The lowest BCUT2D eigenvalue weighted by Gasteiger charge is -2.12. The van der Waals surface area contributed by atoms with Crippen molar-refractivity contribution in [3.05, 3.63) is 47.6 Å². The largest absolute Gasteiger partial charge is 0.398 e. The predicted molar refractivity (Wildman–Crippen MR) is 83.9 cm³/mol. The number of rotatable bonds is 6. The van der Waals surface area contributed by atoms with E-state index in [-0.39, 0.29) is 0 Å². The van der Waals surface area contributed by atoms with Crippen LogP contribution >= 0.6 is 11.8 Å². The van der Waals surface area contributed by atoms with Gasteiger partial charge >= 0.3 is 0 Å². The molecular weight excluding hydrogens is 238 g/mol. The second kappa shape index (κ2) is 7.32. The maximum Gasteiger partial charge on any atom is 0.0392 e. The Morgan fingerprint density at radius 2 is 1.94 bits per heavy atom. The van der Waals surface area contributed by atoms with Gasteiger partial charge in [-0.1, -0.05) is 26.0 Å². The van der Waals surface area contributed by atoms with Crippen LogP contribution in [0.25, 0.3) is 5.70 Å². The Bertz CT molecular complexity index is 423. The van der Waals surface area contributed by atoms with Gasteiger partial charge in [0.25, 0.3) is 0 Å². The smallest absolute Gasteiger partial charge is 0.0392 e. The van der Waals surface area contributed by atoms with Crippen LogP contribution in [0.5, 0.6) is 0 Å². The fraction of sp³-hybridized carbons (Fsp3) is 0.375. The van der Waals surface area contributed by atoms with Crippen molar-refractivity contribution in [2.75, 3.05) is 5.75 Å². The first-order valence-electron chi connectivity index (χ1n) is 6.42. The molecule has 1 nitrogen and oxygen atoms in total. The van der Waals surface area contributed by atoms with Gasteiger partial charge in [-0.3, -0.25) is 0 Å². The zero-order valence-corrected chi connectivity index (χ0v) is 12.4. The van der Waals surface area contributed by atoms with Crippen LogP contribution in [0, 0.1) is 13.8 Å². The molecule has 18 heavy (non-hydrogen) atoms. The van der Waals surface area contributed by atoms with E-state index in [9.17, 15) is 0 Å². The lowest BCUT2D eigenvalue weighted by Crippen LogP contribution is -2.01. The van der Waals surface area contributed by atoms with Crippen molar-refractivity contribution in [3.63, 3.8) is 0 Å². The molecule has 1 aromatic rings. The molecule has 0 fully saturated rings. The SMILES string of the molecule is C=C/C=C(/N)c1c(C)cc(SCCCC)cc1C. The maximum atomic E-state index is 6.06. The molecular formula is C16H23NS. The Morgan fingerprint density at radius 1 is 1.33 bits per heavy atom. The van der Waals surface area contributed by atoms with Crippen molar-refractivity contribution >= 4 is 17.5 Å². The number of unbranched alkanes of at least 4 members (excludes halogenated alkanes) is 1. The highest BCUT2D eigenvalue weighted by Gasteiger charge is 2.07. The first-order chi connectivity index (χ1) is 8.60. The summed E-state index contributed by atoms with van der Waals surface area (Å²) in [6, 6.07) is 4.46. The third kappa shape index (κ3) is 3.95. The number of thioether (sulfide) groups is 1. The summed E-state index contributed by atoms with van der Waals surface area (Å²) < 4.78 is 0. The third-order valence-corrected chi connectivity index (χ3v) is 3.92. The van der Waals surface area contributed by atoms with Crippen LogP contribution in [0.15, 0.2) is 35.8 Å². The number of hydrogen-bond acceptors (Lipinski definition) is 2. The van der Waals surface area contributed by atoms with Gasteiger partial charge in [-0.25, -0.2) is 0 Å². The van der Waals surface area contributed by atoms with Crippen LogP contribution in [0.2, 0.25) is 0 Å². The van der Waals surface area contributed by atoms with E-state index in [1.54, 1.807) is 6.08 Å². The molecule has 0 aromatic heterocycles.